The molecule has 0 aromatic carbocycles. The monoisotopic (exact) mass is 166 g/mol. The van der Waals surface area contributed by atoms with E-state index in [0.29, 0.717) is 5.57 Å². The van der Waals surface area contributed by atoms with Gasteiger partial charge in [-0.1, -0.05) is 12.7 Å². The van der Waals surface area contributed by atoms with Crippen molar-refractivity contribution >= 4 is 11.8 Å². The van der Waals surface area contributed by atoms with Crippen LogP contribution in [0.1, 0.15) is 6.42 Å². The molecule has 1 aliphatic carbocycles. The van der Waals surface area contributed by atoms with Crippen molar-refractivity contribution in [3.63, 3.8) is 0 Å². The number of esters is 1. The Labute approximate surface area is 70.7 Å². The molecule has 12 heavy (non-hydrogen) atoms. The van der Waals surface area contributed by atoms with Crippen LogP contribution in [0.5, 0.6) is 0 Å². The van der Waals surface area contributed by atoms with Crippen LogP contribution in [0.25, 0.3) is 0 Å². The van der Waals surface area contributed by atoms with Crippen LogP contribution in [0.3, 0.4) is 0 Å². The highest BCUT2D eigenvalue weighted by molar-refractivity contribution is 6.07. The zero-order valence-corrected chi connectivity index (χ0v) is 6.87. The second kappa shape index (κ2) is 3.34. The van der Waals surface area contributed by atoms with Crippen molar-refractivity contribution in [2.75, 3.05) is 7.11 Å². The maximum Gasteiger partial charge on any atom is 0.306 e. The van der Waals surface area contributed by atoms with Gasteiger partial charge >= 0.3 is 5.97 Å². The van der Waals surface area contributed by atoms with Crippen molar-refractivity contribution in [3.05, 3.63) is 24.3 Å². The molecule has 1 rings (SSSR count). The van der Waals surface area contributed by atoms with Gasteiger partial charge in [-0.05, 0) is 11.6 Å². The SMILES string of the molecule is C=C1C(=O)C=C[C@@H]1CC(=O)OC. The Hall–Kier alpha value is -1.38. The van der Waals surface area contributed by atoms with Gasteiger partial charge in [0.1, 0.15) is 0 Å². The predicted octanol–water partition coefficient (Wildman–Crippen LogP) is 0.861. The maximum absolute atomic E-state index is 10.9. The zero-order chi connectivity index (χ0) is 9.14. The molecule has 0 saturated carbocycles. The molecule has 3 heteroatoms. The Morgan fingerprint density at radius 1 is 1.75 bits per heavy atom. The fraction of sp³-hybridized carbons (Fsp3) is 0.333. The summed E-state index contributed by atoms with van der Waals surface area (Å²) in [5, 5.41) is 0. The zero-order valence-electron chi connectivity index (χ0n) is 6.87. The molecule has 64 valence electrons. The number of rotatable bonds is 2. The normalized spacial score (nSPS) is 21.6. The minimum atomic E-state index is -0.319. The lowest BCUT2D eigenvalue weighted by Crippen LogP contribution is -2.09. The highest BCUT2D eigenvalue weighted by atomic mass is 16.5. The smallest absolute Gasteiger partial charge is 0.306 e. The lowest BCUT2D eigenvalue weighted by molar-refractivity contribution is -0.141. The van der Waals surface area contributed by atoms with E-state index in [1.54, 1.807) is 6.08 Å². The predicted molar refractivity (Wildman–Crippen MR) is 43.4 cm³/mol. The summed E-state index contributed by atoms with van der Waals surface area (Å²) in [5.41, 5.74) is 0.473. The van der Waals surface area contributed by atoms with Crippen LogP contribution in [-0.2, 0) is 14.3 Å². The fourth-order valence-electron chi connectivity index (χ4n) is 1.06. The van der Waals surface area contributed by atoms with E-state index in [0.717, 1.165) is 0 Å². The number of allylic oxidation sites excluding steroid dienone is 3. The van der Waals surface area contributed by atoms with Gasteiger partial charge in [-0.2, -0.15) is 0 Å². The molecule has 0 fully saturated rings. The summed E-state index contributed by atoms with van der Waals surface area (Å²) in [5.74, 6) is -0.575. The summed E-state index contributed by atoms with van der Waals surface area (Å²) >= 11 is 0. The molecule has 0 saturated heterocycles. The Morgan fingerprint density at radius 3 is 2.83 bits per heavy atom. The van der Waals surface area contributed by atoms with Crippen molar-refractivity contribution in [3.8, 4) is 0 Å². The lowest BCUT2D eigenvalue weighted by atomic mass is 10.0. The number of methoxy groups -OCH3 is 1. The molecule has 0 spiro atoms. The van der Waals surface area contributed by atoms with E-state index in [-0.39, 0.29) is 24.1 Å². The quantitative estimate of drug-likeness (QED) is 0.451. The Morgan fingerprint density at radius 2 is 2.42 bits per heavy atom. The first kappa shape index (κ1) is 8.71. The number of hydrogen-bond acceptors (Lipinski definition) is 3. The second-order valence-corrected chi connectivity index (χ2v) is 2.64. The third-order valence-corrected chi connectivity index (χ3v) is 1.86. The molecule has 3 nitrogen and oxygen atoms in total. The van der Waals surface area contributed by atoms with E-state index in [4.69, 9.17) is 0 Å². The number of ether oxygens (including phenoxy) is 1. The molecule has 0 radical (unpaired) electrons. The standard InChI is InChI=1S/C9H10O3/c1-6-7(3-4-8(6)10)5-9(11)12-2/h3-4,7H,1,5H2,2H3/t7-/m1/s1. The number of carbonyl (C=O) groups excluding carboxylic acids is 2. The number of ketones is 1. The van der Waals surface area contributed by atoms with Gasteiger partial charge in [0.15, 0.2) is 5.78 Å². The summed E-state index contributed by atoms with van der Waals surface area (Å²) in [4.78, 5) is 21.7. The van der Waals surface area contributed by atoms with Crippen LogP contribution in [0, 0.1) is 5.92 Å². The highest BCUT2D eigenvalue weighted by Gasteiger charge is 2.23. The Bertz CT molecular complexity index is 263. The van der Waals surface area contributed by atoms with E-state index in [1.165, 1.54) is 13.2 Å². The van der Waals surface area contributed by atoms with E-state index >= 15 is 0 Å². The van der Waals surface area contributed by atoms with Crippen LogP contribution in [0.15, 0.2) is 24.3 Å². The summed E-state index contributed by atoms with van der Waals surface area (Å²) in [6.07, 6.45) is 3.33. The van der Waals surface area contributed by atoms with Crippen molar-refractivity contribution in [2.24, 2.45) is 5.92 Å². The average molecular weight is 166 g/mol. The van der Waals surface area contributed by atoms with Crippen molar-refractivity contribution in [1.82, 2.24) is 0 Å². The van der Waals surface area contributed by atoms with Gasteiger partial charge in [0.25, 0.3) is 0 Å². The van der Waals surface area contributed by atoms with Gasteiger partial charge < -0.3 is 4.74 Å². The van der Waals surface area contributed by atoms with E-state index in [9.17, 15) is 9.59 Å². The lowest BCUT2D eigenvalue weighted by Gasteiger charge is -2.05. The Kier molecular flexibility index (Phi) is 2.43. The molecule has 0 aromatic rings. The first-order valence-corrected chi connectivity index (χ1v) is 3.63. The van der Waals surface area contributed by atoms with Crippen molar-refractivity contribution in [1.29, 1.82) is 0 Å². The highest BCUT2D eigenvalue weighted by Crippen LogP contribution is 2.22. The largest absolute Gasteiger partial charge is 0.469 e. The van der Waals surface area contributed by atoms with E-state index in [2.05, 4.69) is 11.3 Å². The molecular formula is C9H10O3. The van der Waals surface area contributed by atoms with Crippen molar-refractivity contribution in [2.45, 2.75) is 6.42 Å². The van der Waals surface area contributed by atoms with Gasteiger partial charge in [-0.25, -0.2) is 0 Å². The minimum absolute atomic E-state index is 0.0936. The summed E-state index contributed by atoms with van der Waals surface area (Å²) in [7, 11) is 1.32. The topological polar surface area (TPSA) is 43.4 Å². The van der Waals surface area contributed by atoms with E-state index < -0.39 is 0 Å². The summed E-state index contributed by atoms with van der Waals surface area (Å²) in [6, 6.07) is 0. The van der Waals surface area contributed by atoms with Gasteiger partial charge in [0, 0.05) is 5.92 Å². The third kappa shape index (κ3) is 1.61. The fourth-order valence-corrected chi connectivity index (χ4v) is 1.06. The van der Waals surface area contributed by atoms with Crippen LogP contribution < -0.4 is 0 Å². The van der Waals surface area contributed by atoms with Gasteiger partial charge in [0.05, 0.1) is 13.5 Å². The van der Waals surface area contributed by atoms with Crippen LogP contribution >= 0.6 is 0 Å². The molecule has 0 amide bonds. The molecule has 1 aliphatic rings. The second-order valence-electron chi connectivity index (χ2n) is 2.64. The first-order chi connectivity index (χ1) is 5.65. The average Bonchev–Trinajstić information content (AvgIpc) is 2.36. The molecule has 0 bridgehead atoms. The molecular weight excluding hydrogens is 156 g/mol. The summed E-state index contributed by atoms with van der Waals surface area (Å²) < 4.78 is 4.47. The molecule has 0 unspecified atom stereocenters. The summed E-state index contributed by atoms with van der Waals surface area (Å²) in [6.45, 7) is 3.58. The molecule has 0 aromatic heterocycles. The minimum Gasteiger partial charge on any atom is -0.469 e. The van der Waals surface area contributed by atoms with Crippen LogP contribution in [0.4, 0.5) is 0 Å². The maximum atomic E-state index is 10.9. The molecule has 0 heterocycles. The molecule has 0 aliphatic heterocycles. The van der Waals surface area contributed by atoms with Crippen LogP contribution in [-0.4, -0.2) is 18.9 Å². The van der Waals surface area contributed by atoms with Crippen LogP contribution in [0.2, 0.25) is 0 Å². The molecule has 0 N–H and O–H groups in total. The number of hydrogen-bond donors (Lipinski definition) is 0. The van der Waals surface area contributed by atoms with E-state index in [1.807, 2.05) is 0 Å². The Balaban J connectivity index is 2.56. The van der Waals surface area contributed by atoms with Gasteiger partial charge in [0.2, 0.25) is 0 Å². The number of carbonyl (C=O) groups is 2. The third-order valence-electron chi connectivity index (χ3n) is 1.86. The first-order valence-electron chi connectivity index (χ1n) is 3.63. The molecule has 1 atom stereocenters. The van der Waals surface area contributed by atoms with Gasteiger partial charge in [-0.15, -0.1) is 0 Å². The van der Waals surface area contributed by atoms with Crippen molar-refractivity contribution < 1.29 is 14.3 Å². The van der Waals surface area contributed by atoms with Gasteiger partial charge in [-0.3, -0.25) is 9.59 Å².